The molecule has 1 saturated carbocycles. The molecule has 5 nitrogen and oxygen atoms in total. The van der Waals surface area contributed by atoms with Crippen LogP contribution in [0.2, 0.25) is 0 Å². The molecule has 2 rings (SSSR count). The Morgan fingerprint density at radius 2 is 1.85 bits per heavy atom. The number of carbonyl (C=O) groups is 1. The lowest BCUT2D eigenvalue weighted by molar-refractivity contribution is -0.144. The van der Waals surface area contributed by atoms with Crippen LogP contribution in [0.4, 0.5) is 0 Å². The van der Waals surface area contributed by atoms with Crippen LogP contribution in [0, 0.1) is 6.92 Å². The molecule has 1 heterocycles. The zero-order valence-electron chi connectivity index (χ0n) is 11.4. The number of hydrogen-bond acceptors (Lipinski definition) is 4. The van der Waals surface area contributed by atoms with Gasteiger partial charge in [-0.2, -0.15) is 4.72 Å². The van der Waals surface area contributed by atoms with E-state index < -0.39 is 21.5 Å². The number of aryl methyl sites for hydroxylation is 1. The second kappa shape index (κ2) is 5.83. The van der Waals surface area contributed by atoms with Crippen LogP contribution < -0.4 is 4.72 Å². The van der Waals surface area contributed by atoms with E-state index >= 15 is 0 Å². The van der Waals surface area contributed by atoms with Gasteiger partial charge in [0.25, 0.3) is 10.0 Å². The van der Waals surface area contributed by atoms with E-state index in [0.717, 1.165) is 41.9 Å². The summed E-state index contributed by atoms with van der Waals surface area (Å²) >= 11 is 1.16. The molecule has 1 aromatic rings. The summed E-state index contributed by atoms with van der Waals surface area (Å²) in [7, 11) is -3.77. The smallest absolute Gasteiger partial charge is 0.324 e. The lowest BCUT2D eigenvalue weighted by Crippen LogP contribution is -2.53. The van der Waals surface area contributed by atoms with E-state index in [-0.39, 0.29) is 4.21 Å². The Balaban J connectivity index is 2.30. The number of nitrogens with one attached hydrogen (secondary N) is 1. The lowest BCUT2D eigenvalue weighted by atomic mass is 9.92. The monoisotopic (exact) mass is 317 g/mol. The summed E-state index contributed by atoms with van der Waals surface area (Å²) in [5, 5.41) is 9.51. The number of thiophene rings is 1. The highest BCUT2D eigenvalue weighted by molar-refractivity contribution is 7.91. The summed E-state index contributed by atoms with van der Waals surface area (Å²) < 4.78 is 27.4. The summed E-state index contributed by atoms with van der Waals surface area (Å²) in [6.07, 6.45) is 4.08. The SMILES string of the molecule is Cc1ccc(S(=O)(=O)NC2(C(=O)O)CCCCCC2)s1. The molecule has 20 heavy (non-hydrogen) atoms. The van der Waals surface area contributed by atoms with Crippen LogP contribution >= 0.6 is 11.3 Å². The van der Waals surface area contributed by atoms with Gasteiger partial charge in [-0.3, -0.25) is 4.79 Å². The Morgan fingerprint density at radius 3 is 2.30 bits per heavy atom. The summed E-state index contributed by atoms with van der Waals surface area (Å²) in [6, 6.07) is 3.24. The molecule has 1 aliphatic rings. The van der Waals surface area contributed by atoms with E-state index in [1.165, 1.54) is 6.07 Å². The van der Waals surface area contributed by atoms with Crippen molar-refractivity contribution in [1.29, 1.82) is 0 Å². The molecule has 2 N–H and O–H groups in total. The van der Waals surface area contributed by atoms with Gasteiger partial charge >= 0.3 is 5.97 Å². The molecule has 0 saturated heterocycles. The molecule has 0 aromatic carbocycles. The molecule has 7 heteroatoms. The fourth-order valence-electron chi connectivity index (χ4n) is 2.56. The predicted octanol–water partition coefficient (Wildman–Crippen LogP) is 2.51. The van der Waals surface area contributed by atoms with E-state index in [4.69, 9.17) is 0 Å². The number of rotatable bonds is 4. The topological polar surface area (TPSA) is 83.5 Å². The van der Waals surface area contributed by atoms with Crippen molar-refractivity contribution in [3.05, 3.63) is 17.0 Å². The van der Waals surface area contributed by atoms with E-state index in [1.54, 1.807) is 6.07 Å². The van der Waals surface area contributed by atoms with Gasteiger partial charge in [-0.25, -0.2) is 8.42 Å². The van der Waals surface area contributed by atoms with Crippen molar-refractivity contribution in [1.82, 2.24) is 4.72 Å². The number of aliphatic carboxylic acids is 1. The van der Waals surface area contributed by atoms with Gasteiger partial charge in [-0.1, -0.05) is 25.7 Å². The van der Waals surface area contributed by atoms with Gasteiger partial charge in [0.05, 0.1) is 0 Å². The maximum Gasteiger partial charge on any atom is 0.324 e. The van der Waals surface area contributed by atoms with Crippen LogP contribution in [0.5, 0.6) is 0 Å². The number of hydrogen-bond donors (Lipinski definition) is 2. The van der Waals surface area contributed by atoms with Gasteiger partial charge in [0.1, 0.15) is 9.75 Å². The largest absolute Gasteiger partial charge is 0.480 e. The number of sulfonamides is 1. The maximum absolute atomic E-state index is 12.4. The van der Waals surface area contributed by atoms with E-state index in [1.807, 2.05) is 6.92 Å². The summed E-state index contributed by atoms with van der Waals surface area (Å²) in [6.45, 7) is 1.82. The summed E-state index contributed by atoms with van der Waals surface area (Å²) in [5.74, 6) is -1.07. The quantitative estimate of drug-likeness (QED) is 0.836. The van der Waals surface area contributed by atoms with Crippen molar-refractivity contribution >= 4 is 27.3 Å². The highest BCUT2D eigenvalue weighted by Gasteiger charge is 2.42. The van der Waals surface area contributed by atoms with Gasteiger partial charge in [0.15, 0.2) is 0 Å². The summed E-state index contributed by atoms with van der Waals surface area (Å²) in [5.41, 5.74) is -1.35. The van der Waals surface area contributed by atoms with Crippen molar-refractivity contribution in [3.63, 3.8) is 0 Å². The molecule has 1 fully saturated rings. The van der Waals surface area contributed by atoms with Gasteiger partial charge in [-0.05, 0) is 31.9 Å². The van der Waals surface area contributed by atoms with E-state index in [0.29, 0.717) is 12.8 Å². The van der Waals surface area contributed by atoms with Crippen molar-refractivity contribution in [3.8, 4) is 0 Å². The standard InChI is InChI=1S/C13H19NO4S2/c1-10-6-7-11(19-10)20(17,18)14-13(12(15)16)8-4-2-3-5-9-13/h6-7,14H,2-5,8-9H2,1H3,(H,15,16). The molecule has 0 atom stereocenters. The molecule has 0 bridgehead atoms. The van der Waals surface area contributed by atoms with E-state index in [2.05, 4.69) is 4.72 Å². The first-order chi connectivity index (χ1) is 9.36. The van der Waals surface area contributed by atoms with Gasteiger partial charge in [0, 0.05) is 4.88 Å². The average Bonchev–Trinajstić information content (AvgIpc) is 2.67. The van der Waals surface area contributed by atoms with Crippen LogP contribution in [0.15, 0.2) is 16.3 Å². The second-order valence-electron chi connectivity index (χ2n) is 5.27. The molecule has 1 aromatic heterocycles. The van der Waals surface area contributed by atoms with Crippen molar-refractivity contribution < 1.29 is 18.3 Å². The Bertz CT molecular complexity index is 583. The zero-order valence-corrected chi connectivity index (χ0v) is 13.0. The molecular weight excluding hydrogens is 298 g/mol. The van der Waals surface area contributed by atoms with Crippen molar-refractivity contribution in [2.24, 2.45) is 0 Å². The molecule has 0 radical (unpaired) electrons. The first kappa shape index (κ1) is 15.5. The third kappa shape index (κ3) is 3.21. The minimum Gasteiger partial charge on any atom is -0.480 e. The lowest BCUT2D eigenvalue weighted by Gasteiger charge is -2.28. The van der Waals surface area contributed by atoms with Crippen LogP contribution in [-0.2, 0) is 14.8 Å². The van der Waals surface area contributed by atoms with Gasteiger partial charge < -0.3 is 5.11 Å². The minimum absolute atomic E-state index is 0.180. The Labute approximate surface area is 123 Å². The third-order valence-electron chi connectivity index (χ3n) is 3.68. The zero-order chi connectivity index (χ0) is 14.8. The highest BCUT2D eigenvalue weighted by atomic mass is 32.2. The summed E-state index contributed by atoms with van der Waals surface area (Å²) in [4.78, 5) is 12.5. The van der Waals surface area contributed by atoms with Crippen LogP contribution in [-0.4, -0.2) is 25.0 Å². The Kier molecular flexibility index (Phi) is 4.51. The van der Waals surface area contributed by atoms with Gasteiger partial charge in [0.2, 0.25) is 0 Å². The third-order valence-corrected chi connectivity index (χ3v) is 6.71. The normalized spacial score (nSPS) is 19.4. The molecule has 0 amide bonds. The van der Waals surface area contributed by atoms with Crippen LogP contribution in [0.25, 0.3) is 0 Å². The number of carboxylic acid groups (broad SMARTS) is 1. The molecular formula is C13H19NO4S2. The Morgan fingerprint density at radius 1 is 1.25 bits per heavy atom. The highest BCUT2D eigenvalue weighted by Crippen LogP contribution is 2.30. The average molecular weight is 317 g/mol. The minimum atomic E-state index is -3.77. The predicted molar refractivity (Wildman–Crippen MR) is 77.4 cm³/mol. The van der Waals surface area contributed by atoms with Crippen molar-refractivity contribution in [2.75, 3.05) is 0 Å². The molecule has 0 aliphatic heterocycles. The fraction of sp³-hybridized carbons (Fsp3) is 0.615. The molecule has 0 unspecified atom stereocenters. The Hall–Kier alpha value is -0.920. The van der Waals surface area contributed by atoms with Crippen LogP contribution in [0.1, 0.15) is 43.4 Å². The van der Waals surface area contributed by atoms with Crippen molar-refractivity contribution in [2.45, 2.75) is 55.2 Å². The second-order valence-corrected chi connectivity index (χ2v) is 8.47. The maximum atomic E-state index is 12.4. The molecule has 112 valence electrons. The fourth-order valence-corrected chi connectivity index (χ4v) is 5.26. The first-order valence-electron chi connectivity index (χ1n) is 6.70. The van der Waals surface area contributed by atoms with E-state index in [9.17, 15) is 18.3 Å². The number of carboxylic acids is 1. The first-order valence-corrected chi connectivity index (χ1v) is 9.00. The molecule has 1 aliphatic carbocycles. The van der Waals surface area contributed by atoms with Gasteiger partial charge in [-0.15, -0.1) is 11.3 Å². The molecule has 0 spiro atoms. The van der Waals surface area contributed by atoms with Crippen LogP contribution in [0.3, 0.4) is 0 Å².